The number of carboxylic acids is 1. The SMILES string of the molecule is CC(C(=O)O)C(=O)NC1CCC(=O)NC1. The molecular formula is C9H14N2O4. The zero-order valence-corrected chi connectivity index (χ0v) is 8.45. The number of carbonyl (C=O) groups is 3. The van der Waals surface area contributed by atoms with E-state index in [0.717, 1.165) is 0 Å². The molecule has 1 heterocycles. The van der Waals surface area contributed by atoms with Crippen LogP contribution < -0.4 is 10.6 Å². The second-order valence-electron chi connectivity index (χ2n) is 3.61. The highest BCUT2D eigenvalue weighted by atomic mass is 16.4. The van der Waals surface area contributed by atoms with E-state index in [2.05, 4.69) is 10.6 Å². The summed E-state index contributed by atoms with van der Waals surface area (Å²) in [6.07, 6.45) is 0.927. The van der Waals surface area contributed by atoms with Crippen LogP contribution >= 0.6 is 0 Å². The largest absolute Gasteiger partial charge is 0.481 e. The summed E-state index contributed by atoms with van der Waals surface area (Å²) in [5.74, 6) is -2.74. The van der Waals surface area contributed by atoms with Crippen LogP contribution in [-0.4, -0.2) is 35.5 Å². The number of hydrogen-bond acceptors (Lipinski definition) is 3. The van der Waals surface area contributed by atoms with Gasteiger partial charge >= 0.3 is 5.97 Å². The van der Waals surface area contributed by atoms with Crippen LogP contribution in [0.15, 0.2) is 0 Å². The highest BCUT2D eigenvalue weighted by Gasteiger charge is 2.25. The van der Waals surface area contributed by atoms with Crippen LogP contribution in [0, 0.1) is 5.92 Å². The van der Waals surface area contributed by atoms with Crippen molar-refractivity contribution < 1.29 is 19.5 Å². The summed E-state index contributed by atoms with van der Waals surface area (Å²) in [5, 5.41) is 13.8. The summed E-state index contributed by atoms with van der Waals surface area (Å²) < 4.78 is 0. The fourth-order valence-electron chi connectivity index (χ4n) is 1.29. The summed E-state index contributed by atoms with van der Waals surface area (Å²) >= 11 is 0. The molecule has 6 nitrogen and oxygen atoms in total. The Labute approximate surface area is 87.0 Å². The fourth-order valence-corrected chi connectivity index (χ4v) is 1.29. The number of hydrogen-bond donors (Lipinski definition) is 3. The van der Waals surface area contributed by atoms with Crippen LogP contribution in [-0.2, 0) is 14.4 Å². The standard InChI is InChI=1S/C9H14N2O4/c1-5(9(14)15)8(13)11-6-2-3-7(12)10-4-6/h5-6H,2-4H2,1H3,(H,10,12)(H,11,13)(H,14,15). The van der Waals surface area contributed by atoms with E-state index in [-0.39, 0.29) is 11.9 Å². The minimum absolute atomic E-state index is 0.0354. The van der Waals surface area contributed by atoms with Crippen LogP contribution in [0.1, 0.15) is 19.8 Å². The van der Waals surface area contributed by atoms with Gasteiger partial charge in [-0.3, -0.25) is 14.4 Å². The van der Waals surface area contributed by atoms with E-state index in [0.29, 0.717) is 19.4 Å². The van der Waals surface area contributed by atoms with Crippen molar-refractivity contribution in [2.75, 3.05) is 6.54 Å². The highest BCUT2D eigenvalue weighted by molar-refractivity contribution is 5.96. The van der Waals surface area contributed by atoms with Gasteiger partial charge in [0.2, 0.25) is 11.8 Å². The lowest BCUT2D eigenvalue weighted by atomic mass is 10.1. The molecule has 0 saturated carbocycles. The minimum atomic E-state index is -1.15. The van der Waals surface area contributed by atoms with Crippen molar-refractivity contribution in [2.24, 2.45) is 5.92 Å². The second kappa shape index (κ2) is 4.77. The van der Waals surface area contributed by atoms with Gasteiger partial charge in [-0.25, -0.2) is 0 Å². The van der Waals surface area contributed by atoms with Crippen LogP contribution in [0.4, 0.5) is 0 Å². The number of amides is 2. The molecule has 0 aromatic heterocycles. The van der Waals surface area contributed by atoms with Gasteiger partial charge in [-0.2, -0.15) is 0 Å². The van der Waals surface area contributed by atoms with Crippen LogP contribution in [0.3, 0.4) is 0 Å². The third-order valence-electron chi connectivity index (χ3n) is 2.38. The molecule has 2 unspecified atom stereocenters. The molecule has 6 heteroatoms. The van der Waals surface area contributed by atoms with Gasteiger partial charge in [0.05, 0.1) is 0 Å². The van der Waals surface area contributed by atoms with Crippen molar-refractivity contribution in [3.05, 3.63) is 0 Å². The zero-order valence-electron chi connectivity index (χ0n) is 8.45. The summed E-state index contributed by atoms with van der Waals surface area (Å²) in [6, 6.07) is -0.156. The Morgan fingerprint density at radius 1 is 1.60 bits per heavy atom. The van der Waals surface area contributed by atoms with E-state index in [1.807, 2.05) is 0 Å². The summed E-state index contributed by atoms with van der Waals surface area (Å²) in [4.78, 5) is 32.7. The minimum Gasteiger partial charge on any atom is -0.481 e. The number of carbonyl (C=O) groups excluding carboxylic acids is 2. The molecule has 0 aliphatic carbocycles. The molecule has 1 fully saturated rings. The van der Waals surface area contributed by atoms with E-state index in [1.54, 1.807) is 0 Å². The molecule has 84 valence electrons. The first-order valence-electron chi connectivity index (χ1n) is 4.80. The number of rotatable bonds is 3. The zero-order chi connectivity index (χ0) is 11.4. The molecule has 0 bridgehead atoms. The van der Waals surface area contributed by atoms with Crippen molar-refractivity contribution in [1.29, 1.82) is 0 Å². The van der Waals surface area contributed by atoms with Crippen molar-refractivity contribution in [2.45, 2.75) is 25.8 Å². The summed E-state index contributed by atoms with van der Waals surface area (Å²) in [7, 11) is 0. The van der Waals surface area contributed by atoms with Gasteiger partial charge in [-0.05, 0) is 13.3 Å². The maximum Gasteiger partial charge on any atom is 0.315 e. The Kier molecular flexibility index (Phi) is 3.65. The Hall–Kier alpha value is -1.59. The first-order chi connectivity index (χ1) is 7.00. The Balaban J connectivity index is 2.38. The van der Waals surface area contributed by atoms with Gasteiger partial charge in [0.15, 0.2) is 0 Å². The lowest BCUT2D eigenvalue weighted by molar-refractivity contribution is -0.146. The van der Waals surface area contributed by atoms with Crippen molar-refractivity contribution in [3.63, 3.8) is 0 Å². The molecule has 0 aromatic rings. The fraction of sp³-hybridized carbons (Fsp3) is 0.667. The molecule has 0 spiro atoms. The molecule has 2 atom stereocenters. The third-order valence-corrected chi connectivity index (χ3v) is 2.38. The normalized spacial score (nSPS) is 22.7. The molecular weight excluding hydrogens is 200 g/mol. The lowest BCUT2D eigenvalue weighted by Crippen LogP contribution is -2.49. The highest BCUT2D eigenvalue weighted by Crippen LogP contribution is 2.04. The maximum atomic E-state index is 11.3. The van der Waals surface area contributed by atoms with Gasteiger partial charge in [-0.1, -0.05) is 0 Å². The van der Waals surface area contributed by atoms with E-state index in [1.165, 1.54) is 6.92 Å². The summed E-state index contributed by atoms with van der Waals surface area (Å²) in [6.45, 7) is 1.70. The quantitative estimate of drug-likeness (QED) is 0.531. The van der Waals surface area contributed by atoms with E-state index in [4.69, 9.17) is 5.11 Å². The first-order valence-corrected chi connectivity index (χ1v) is 4.80. The molecule has 3 N–H and O–H groups in total. The smallest absolute Gasteiger partial charge is 0.315 e. The monoisotopic (exact) mass is 214 g/mol. The number of carboxylic acid groups (broad SMARTS) is 1. The molecule has 1 saturated heterocycles. The average Bonchev–Trinajstić information content (AvgIpc) is 2.20. The Morgan fingerprint density at radius 2 is 2.27 bits per heavy atom. The van der Waals surface area contributed by atoms with Gasteiger partial charge in [0.1, 0.15) is 5.92 Å². The first kappa shape index (κ1) is 11.5. The molecule has 0 aromatic carbocycles. The van der Waals surface area contributed by atoms with Gasteiger partial charge in [-0.15, -0.1) is 0 Å². The third kappa shape index (κ3) is 3.23. The molecule has 0 radical (unpaired) electrons. The van der Waals surface area contributed by atoms with Gasteiger partial charge < -0.3 is 15.7 Å². The summed E-state index contributed by atoms with van der Waals surface area (Å²) in [5.41, 5.74) is 0. The molecule has 1 aliphatic heterocycles. The van der Waals surface area contributed by atoms with Crippen molar-refractivity contribution in [1.82, 2.24) is 10.6 Å². The van der Waals surface area contributed by atoms with Crippen LogP contribution in [0.5, 0.6) is 0 Å². The molecule has 1 aliphatic rings. The van der Waals surface area contributed by atoms with Gasteiger partial charge in [0.25, 0.3) is 0 Å². The topological polar surface area (TPSA) is 95.5 Å². The van der Waals surface area contributed by atoms with Crippen molar-refractivity contribution >= 4 is 17.8 Å². The van der Waals surface area contributed by atoms with Crippen LogP contribution in [0.25, 0.3) is 0 Å². The van der Waals surface area contributed by atoms with E-state index >= 15 is 0 Å². The Morgan fingerprint density at radius 3 is 2.73 bits per heavy atom. The molecule has 1 rings (SSSR count). The molecule has 2 amide bonds. The van der Waals surface area contributed by atoms with Crippen molar-refractivity contribution in [3.8, 4) is 0 Å². The maximum absolute atomic E-state index is 11.3. The number of aliphatic carboxylic acids is 1. The lowest BCUT2D eigenvalue weighted by Gasteiger charge is -2.24. The van der Waals surface area contributed by atoms with E-state index < -0.39 is 17.8 Å². The number of piperidine rings is 1. The number of nitrogens with one attached hydrogen (secondary N) is 2. The predicted octanol–water partition coefficient (Wildman–Crippen LogP) is -0.898. The van der Waals surface area contributed by atoms with E-state index in [9.17, 15) is 14.4 Å². The predicted molar refractivity (Wildman–Crippen MR) is 51.0 cm³/mol. The Bertz CT molecular complexity index is 280. The average molecular weight is 214 g/mol. The second-order valence-corrected chi connectivity index (χ2v) is 3.61. The molecule has 15 heavy (non-hydrogen) atoms. The van der Waals surface area contributed by atoms with Crippen LogP contribution in [0.2, 0.25) is 0 Å². The van der Waals surface area contributed by atoms with Gasteiger partial charge in [0, 0.05) is 19.0 Å².